The van der Waals surface area contributed by atoms with Crippen LogP contribution in [0.5, 0.6) is 0 Å². The molecule has 3 aromatic rings. The smallest absolute Gasteiger partial charge is 0.178 e. The van der Waals surface area contributed by atoms with Gasteiger partial charge in [-0.15, -0.1) is 0 Å². The number of hydrogen-bond donors (Lipinski definition) is 1. The van der Waals surface area contributed by atoms with Crippen molar-refractivity contribution >= 4 is 22.4 Å². The van der Waals surface area contributed by atoms with E-state index in [4.69, 9.17) is 0 Å². The van der Waals surface area contributed by atoms with Crippen LogP contribution in [-0.4, -0.2) is 47.9 Å². The van der Waals surface area contributed by atoms with E-state index in [9.17, 15) is 4.79 Å². The summed E-state index contributed by atoms with van der Waals surface area (Å²) in [6.07, 6.45) is 1.86. The zero-order valence-electron chi connectivity index (χ0n) is 16.3. The molecule has 140 valence electrons. The van der Waals surface area contributed by atoms with Crippen LogP contribution in [0.3, 0.4) is 0 Å². The summed E-state index contributed by atoms with van der Waals surface area (Å²) in [5.41, 5.74) is 5.58. The largest absolute Gasteiger partial charge is 0.366 e. The van der Waals surface area contributed by atoms with Gasteiger partial charge < -0.3 is 9.88 Å². The Morgan fingerprint density at radius 2 is 1.93 bits per heavy atom. The highest BCUT2D eigenvalue weighted by molar-refractivity contribution is 6.08. The number of aromatic nitrogens is 1. The van der Waals surface area contributed by atoms with E-state index >= 15 is 0 Å². The normalized spacial score (nSPS) is 18.2. The molecule has 1 saturated heterocycles. The maximum Gasteiger partial charge on any atom is 0.178 e. The number of carbonyl (C=O) groups excluding carboxylic acids is 1. The third-order valence-electron chi connectivity index (χ3n) is 5.55. The fraction of sp³-hybridized carbons (Fsp3) is 0.348. The van der Waals surface area contributed by atoms with Gasteiger partial charge in [-0.3, -0.25) is 9.69 Å². The Kier molecular flexibility index (Phi) is 4.75. The average molecular weight is 361 g/mol. The van der Waals surface area contributed by atoms with Crippen molar-refractivity contribution in [2.75, 3.05) is 31.1 Å². The molecule has 0 radical (unpaired) electrons. The lowest BCUT2D eigenvalue weighted by Gasteiger charge is -2.41. The predicted octanol–water partition coefficient (Wildman–Crippen LogP) is 4.18. The lowest BCUT2D eigenvalue weighted by Crippen LogP contribution is -2.53. The number of piperazine rings is 1. The van der Waals surface area contributed by atoms with Crippen molar-refractivity contribution in [3.8, 4) is 0 Å². The van der Waals surface area contributed by atoms with Crippen LogP contribution in [0.1, 0.15) is 28.4 Å². The molecule has 0 bridgehead atoms. The summed E-state index contributed by atoms with van der Waals surface area (Å²) in [5, 5.41) is 1.03. The number of nitrogens with zero attached hydrogens (tertiary/aromatic N) is 2. The molecule has 1 aliphatic heterocycles. The second kappa shape index (κ2) is 7.20. The summed E-state index contributed by atoms with van der Waals surface area (Å²) in [6.45, 7) is 9.68. The number of H-pyrrole nitrogens is 1. The van der Waals surface area contributed by atoms with Crippen molar-refractivity contribution in [3.63, 3.8) is 0 Å². The molecular weight excluding hydrogens is 334 g/mol. The highest BCUT2D eigenvalue weighted by Gasteiger charge is 2.26. The van der Waals surface area contributed by atoms with Gasteiger partial charge in [0.1, 0.15) is 0 Å². The summed E-state index contributed by atoms with van der Waals surface area (Å²) < 4.78 is 0. The minimum absolute atomic E-state index is 0.197. The molecule has 1 unspecified atom stereocenters. The molecule has 0 aliphatic carbocycles. The Morgan fingerprint density at radius 1 is 1.11 bits per heavy atom. The lowest BCUT2D eigenvalue weighted by molar-refractivity contribution is 0.0919. The van der Waals surface area contributed by atoms with Crippen LogP contribution < -0.4 is 4.90 Å². The molecule has 4 rings (SSSR count). The van der Waals surface area contributed by atoms with E-state index in [1.165, 1.54) is 16.8 Å². The summed E-state index contributed by atoms with van der Waals surface area (Å²) in [5.74, 6) is 0.197. The van der Waals surface area contributed by atoms with Gasteiger partial charge in [-0.25, -0.2) is 0 Å². The van der Waals surface area contributed by atoms with Gasteiger partial charge in [-0.2, -0.15) is 0 Å². The first kappa shape index (κ1) is 17.8. The van der Waals surface area contributed by atoms with Gasteiger partial charge in [0, 0.05) is 54.0 Å². The first-order valence-corrected chi connectivity index (χ1v) is 9.68. The zero-order valence-corrected chi connectivity index (χ0v) is 16.3. The molecule has 1 aliphatic rings. The van der Waals surface area contributed by atoms with Crippen LogP contribution in [-0.2, 0) is 0 Å². The molecule has 1 fully saturated rings. The topological polar surface area (TPSA) is 39.3 Å². The number of hydrogen-bond acceptors (Lipinski definition) is 3. The van der Waals surface area contributed by atoms with Crippen LogP contribution in [0.2, 0.25) is 0 Å². The van der Waals surface area contributed by atoms with Gasteiger partial charge in [0.25, 0.3) is 0 Å². The van der Waals surface area contributed by atoms with Crippen LogP contribution in [0.25, 0.3) is 10.9 Å². The number of carbonyl (C=O) groups is 1. The number of anilines is 1. The molecule has 27 heavy (non-hydrogen) atoms. The minimum Gasteiger partial charge on any atom is -0.366 e. The van der Waals surface area contributed by atoms with Crippen molar-refractivity contribution in [2.24, 2.45) is 0 Å². The summed E-state index contributed by atoms with van der Waals surface area (Å²) in [4.78, 5) is 20.9. The van der Waals surface area contributed by atoms with Gasteiger partial charge in [-0.05, 0) is 50.6 Å². The fourth-order valence-corrected chi connectivity index (χ4v) is 4.12. The Hall–Kier alpha value is -2.59. The van der Waals surface area contributed by atoms with E-state index < -0.39 is 0 Å². The molecule has 2 aromatic carbocycles. The summed E-state index contributed by atoms with van der Waals surface area (Å²) >= 11 is 0. The average Bonchev–Trinajstić information content (AvgIpc) is 3.05. The lowest BCUT2D eigenvalue weighted by atomic mass is 10.1. The van der Waals surface area contributed by atoms with Gasteiger partial charge >= 0.3 is 0 Å². The maximum atomic E-state index is 12.9. The van der Waals surface area contributed by atoms with Crippen molar-refractivity contribution in [1.82, 2.24) is 9.88 Å². The number of benzene rings is 2. The Morgan fingerprint density at radius 3 is 2.70 bits per heavy atom. The fourth-order valence-electron chi connectivity index (χ4n) is 4.12. The Balaban J connectivity index is 1.45. The number of aromatic amines is 1. The molecule has 4 heteroatoms. The van der Waals surface area contributed by atoms with Crippen molar-refractivity contribution < 1.29 is 4.79 Å². The number of Topliss-reactive ketones (excluding diaryl/α,β-unsaturated/α-hetero) is 1. The van der Waals surface area contributed by atoms with E-state index in [1.54, 1.807) is 0 Å². The highest BCUT2D eigenvalue weighted by atomic mass is 16.1. The second-order valence-electron chi connectivity index (χ2n) is 7.79. The van der Waals surface area contributed by atoms with Crippen LogP contribution >= 0.6 is 0 Å². The Labute approximate surface area is 160 Å². The van der Waals surface area contributed by atoms with Crippen molar-refractivity contribution in [2.45, 2.75) is 26.8 Å². The Bertz CT molecular complexity index is 975. The number of nitrogens with one attached hydrogen (secondary N) is 1. The standard InChI is InChI=1S/C23H27N3O/c1-16-5-4-6-19(11-16)26-10-9-25(14-18(26)3)15-23(27)21-13-24-22-8-7-17(2)12-20(21)22/h4-8,11-13,18,24H,9-10,14-15H2,1-3H3. The highest BCUT2D eigenvalue weighted by Crippen LogP contribution is 2.23. The van der Waals surface area contributed by atoms with Gasteiger partial charge in [0.05, 0.1) is 6.54 Å². The second-order valence-corrected chi connectivity index (χ2v) is 7.79. The van der Waals surface area contributed by atoms with E-state index in [1.807, 2.05) is 12.3 Å². The number of rotatable bonds is 4. The molecular formula is C23H27N3O. The first-order valence-electron chi connectivity index (χ1n) is 9.68. The molecule has 4 nitrogen and oxygen atoms in total. The molecule has 1 atom stereocenters. The monoisotopic (exact) mass is 361 g/mol. The number of ketones is 1. The van der Waals surface area contributed by atoms with Crippen LogP contribution in [0.15, 0.2) is 48.7 Å². The summed E-state index contributed by atoms with van der Waals surface area (Å²) in [7, 11) is 0. The van der Waals surface area contributed by atoms with E-state index in [2.05, 4.69) is 72.0 Å². The maximum absolute atomic E-state index is 12.9. The minimum atomic E-state index is 0.197. The third kappa shape index (κ3) is 3.62. The SMILES string of the molecule is Cc1cccc(N2CCN(CC(=O)c3c[nH]c4ccc(C)cc34)CC2C)c1. The summed E-state index contributed by atoms with van der Waals surface area (Å²) in [6, 6.07) is 15.3. The molecule has 0 spiro atoms. The van der Waals surface area contributed by atoms with Crippen LogP contribution in [0.4, 0.5) is 5.69 Å². The van der Waals surface area contributed by atoms with Crippen molar-refractivity contribution in [1.29, 1.82) is 0 Å². The molecule has 0 saturated carbocycles. The zero-order chi connectivity index (χ0) is 19.0. The molecule has 1 aromatic heterocycles. The predicted molar refractivity (Wildman–Crippen MR) is 112 cm³/mol. The van der Waals surface area contributed by atoms with Crippen LogP contribution in [0, 0.1) is 13.8 Å². The molecule has 2 heterocycles. The van der Waals surface area contributed by atoms with Gasteiger partial charge in [-0.1, -0.05) is 23.8 Å². The van der Waals surface area contributed by atoms with E-state index in [0.717, 1.165) is 36.1 Å². The van der Waals surface area contributed by atoms with E-state index in [0.29, 0.717) is 12.6 Å². The molecule has 1 N–H and O–H groups in total. The van der Waals surface area contributed by atoms with Gasteiger partial charge in [0.2, 0.25) is 0 Å². The number of fused-ring (bicyclic) bond motifs is 1. The quantitative estimate of drug-likeness (QED) is 0.709. The first-order chi connectivity index (χ1) is 13.0. The van der Waals surface area contributed by atoms with Gasteiger partial charge in [0.15, 0.2) is 5.78 Å². The number of aryl methyl sites for hydroxylation is 2. The van der Waals surface area contributed by atoms with E-state index in [-0.39, 0.29) is 5.78 Å². The third-order valence-corrected chi connectivity index (χ3v) is 5.55. The van der Waals surface area contributed by atoms with Crippen molar-refractivity contribution in [3.05, 3.63) is 65.4 Å². The molecule has 0 amide bonds.